The molecule has 2 aliphatic carbocycles. The first-order chi connectivity index (χ1) is 21.2. The predicted molar refractivity (Wildman–Crippen MR) is 174 cm³/mol. The van der Waals surface area contributed by atoms with Gasteiger partial charge in [0.1, 0.15) is 0 Å². The molecule has 2 fully saturated rings. The molecule has 2 amide bonds. The molecule has 228 valence electrons. The van der Waals surface area contributed by atoms with E-state index in [9.17, 15) is 14.4 Å². The zero-order chi connectivity index (χ0) is 31.0. The van der Waals surface area contributed by atoms with E-state index in [4.69, 9.17) is 0 Å². The summed E-state index contributed by atoms with van der Waals surface area (Å²) in [5, 5.41) is 4.20. The number of aromatic nitrogens is 2. The van der Waals surface area contributed by atoms with E-state index in [1.165, 1.54) is 0 Å². The summed E-state index contributed by atoms with van der Waals surface area (Å²) in [4.78, 5) is 49.2. The average Bonchev–Trinajstić information content (AvgIpc) is 3.86. The average molecular weight is 592 g/mol. The highest BCUT2D eigenvalue weighted by Gasteiger charge is 2.29. The zero-order valence-corrected chi connectivity index (χ0v) is 26.0. The van der Waals surface area contributed by atoms with E-state index >= 15 is 0 Å². The van der Waals surface area contributed by atoms with Gasteiger partial charge in [-0.2, -0.15) is 0 Å². The number of aryl methyl sites for hydroxylation is 1. The molecular weight excluding hydrogens is 550 g/mol. The van der Waals surface area contributed by atoms with E-state index < -0.39 is 0 Å². The summed E-state index contributed by atoms with van der Waals surface area (Å²) in [7, 11) is 6.13. The van der Waals surface area contributed by atoms with Crippen LogP contribution in [0, 0.1) is 6.92 Å². The van der Waals surface area contributed by atoms with Gasteiger partial charge in [0.15, 0.2) is 0 Å². The Morgan fingerprint density at radius 1 is 0.886 bits per heavy atom. The van der Waals surface area contributed by atoms with Crippen LogP contribution in [0.2, 0.25) is 0 Å². The number of nitrogens with one attached hydrogen (secondary N) is 1. The lowest BCUT2D eigenvalue weighted by Crippen LogP contribution is -2.43. The number of pyridine rings is 2. The number of carbonyl (C=O) groups is 2. The molecule has 0 saturated heterocycles. The lowest BCUT2D eigenvalue weighted by molar-refractivity contribution is 0.0660. The number of amides is 2. The summed E-state index contributed by atoms with van der Waals surface area (Å²) >= 11 is 0. The molecule has 0 bridgehead atoms. The van der Waals surface area contributed by atoms with Gasteiger partial charge < -0.3 is 19.7 Å². The molecule has 6 rings (SSSR count). The van der Waals surface area contributed by atoms with Gasteiger partial charge in [-0.3, -0.25) is 19.4 Å². The van der Waals surface area contributed by atoms with Gasteiger partial charge in [-0.25, -0.2) is 0 Å². The number of hydrogen-bond acceptors (Lipinski definition) is 5. The van der Waals surface area contributed by atoms with Crippen molar-refractivity contribution >= 4 is 22.6 Å². The highest BCUT2D eigenvalue weighted by Crippen LogP contribution is 2.31. The van der Waals surface area contributed by atoms with Crippen molar-refractivity contribution in [1.82, 2.24) is 24.7 Å². The summed E-state index contributed by atoms with van der Waals surface area (Å²) in [6.45, 7) is 2.35. The van der Waals surface area contributed by atoms with E-state index in [0.29, 0.717) is 34.5 Å². The molecule has 2 heterocycles. The number of rotatable bonds is 8. The Bertz CT molecular complexity index is 1750. The monoisotopic (exact) mass is 591 g/mol. The largest absolute Gasteiger partial charge is 0.349 e. The third kappa shape index (κ3) is 6.17. The second kappa shape index (κ2) is 12.4. The third-order valence-corrected chi connectivity index (χ3v) is 9.41. The van der Waals surface area contributed by atoms with Crippen molar-refractivity contribution in [3.63, 3.8) is 0 Å². The summed E-state index contributed by atoms with van der Waals surface area (Å²) in [5.41, 5.74) is 4.69. The maximum atomic E-state index is 14.3. The fraction of sp³-hybridized carbons (Fsp3) is 0.389. The second-order valence-electron chi connectivity index (χ2n) is 12.7. The van der Waals surface area contributed by atoms with Gasteiger partial charge in [-0.05, 0) is 118 Å². The molecule has 0 atom stereocenters. The smallest absolute Gasteiger partial charge is 0.258 e. The van der Waals surface area contributed by atoms with Crippen LogP contribution in [0.4, 0.5) is 0 Å². The molecule has 8 nitrogen and oxygen atoms in total. The first kappa shape index (κ1) is 29.8. The van der Waals surface area contributed by atoms with Crippen molar-refractivity contribution in [2.45, 2.75) is 70.1 Å². The minimum absolute atomic E-state index is 0.0741. The molecule has 2 aliphatic rings. The highest BCUT2D eigenvalue weighted by atomic mass is 16.2. The van der Waals surface area contributed by atoms with E-state index in [-0.39, 0.29) is 29.5 Å². The first-order valence-corrected chi connectivity index (χ1v) is 15.6. The number of benzene rings is 2. The van der Waals surface area contributed by atoms with E-state index in [0.717, 1.165) is 60.8 Å². The van der Waals surface area contributed by atoms with Crippen molar-refractivity contribution in [2.24, 2.45) is 0 Å². The van der Waals surface area contributed by atoms with Crippen LogP contribution >= 0.6 is 0 Å². The molecule has 2 saturated carbocycles. The molecule has 2 aromatic carbocycles. The molecule has 0 aliphatic heterocycles. The maximum absolute atomic E-state index is 14.3. The Labute approximate surface area is 258 Å². The molecule has 2 aromatic heterocycles. The Balaban J connectivity index is 1.41. The highest BCUT2D eigenvalue weighted by molar-refractivity contribution is 6.07. The molecule has 0 radical (unpaired) electrons. The van der Waals surface area contributed by atoms with Gasteiger partial charge in [0.25, 0.3) is 17.4 Å². The maximum Gasteiger partial charge on any atom is 0.258 e. The van der Waals surface area contributed by atoms with Crippen molar-refractivity contribution < 1.29 is 9.59 Å². The third-order valence-electron chi connectivity index (χ3n) is 9.41. The molecule has 4 aromatic rings. The van der Waals surface area contributed by atoms with Crippen LogP contribution in [0.25, 0.3) is 21.9 Å². The predicted octanol–water partition coefficient (Wildman–Crippen LogP) is 5.26. The van der Waals surface area contributed by atoms with Crippen LogP contribution in [0.5, 0.6) is 0 Å². The molecule has 0 unspecified atom stereocenters. The topological polar surface area (TPSA) is 87.5 Å². The van der Waals surface area contributed by atoms with Crippen molar-refractivity contribution in [2.75, 3.05) is 21.1 Å². The number of nitrogens with zero attached hydrogens (tertiary/aromatic N) is 4. The minimum atomic E-state index is -0.150. The molecular formula is C36H41N5O3. The fourth-order valence-electron chi connectivity index (χ4n) is 6.42. The van der Waals surface area contributed by atoms with Gasteiger partial charge in [0, 0.05) is 60.1 Å². The van der Waals surface area contributed by atoms with Crippen molar-refractivity contribution in [3.8, 4) is 11.1 Å². The Morgan fingerprint density at radius 3 is 2.27 bits per heavy atom. The standard InChI is InChI=1S/C36H41N5O3/c1-23-5-6-26(34(42)38-27-8-9-27)20-31(23)25-7-14-30-32(19-25)33(22-41(36(30)44)21-24-15-17-37-18-16-24)35(43)40(4)29-12-10-28(11-13-29)39(2)3/h5-7,14-20,22,27-29H,8-13,21H2,1-4H3,(H,38,42). The second-order valence-corrected chi connectivity index (χ2v) is 12.7. The van der Waals surface area contributed by atoms with Gasteiger partial charge >= 0.3 is 0 Å². The van der Waals surface area contributed by atoms with Gasteiger partial charge in [0.2, 0.25) is 0 Å². The van der Waals surface area contributed by atoms with Crippen LogP contribution in [-0.2, 0) is 6.54 Å². The van der Waals surface area contributed by atoms with E-state index in [1.807, 2.05) is 67.4 Å². The van der Waals surface area contributed by atoms with Crippen LogP contribution < -0.4 is 10.9 Å². The molecule has 8 heteroatoms. The lowest BCUT2D eigenvalue weighted by Gasteiger charge is -2.37. The van der Waals surface area contributed by atoms with Crippen molar-refractivity contribution in [3.05, 3.63) is 99.7 Å². The first-order valence-electron chi connectivity index (χ1n) is 15.6. The minimum Gasteiger partial charge on any atom is -0.349 e. The van der Waals surface area contributed by atoms with Gasteiger partial charge in [-0.15, -0.1) is 0 Å². The summed E-state index contributed by atoms with van der Waals surface area (Å²) in [5.74, 6) is -0.159. The quantitative estimate of drug-likeness (QED) is 0.302. The summed E-state index contributed by atoms with van der Waals surface area (Å²) < 4.78 is 1.63. The Hall–Kier alpha value is -4.30. The lowest BCUT2D eigenvalue weighted by atomic mass is 9.89. The SMILES string of the molecule is Cc1ccc(C(=O)NC2CC2)cc1-c1ccc2c(=O)n(Cc3ccncc3)cc(C(=O)N(C)C3CCC(N(C)C)CC3)c2c1. The summed E-state index contributed by atoms with van der Waals surface area (Å²) in [6, 6.07) is 16.1. The number of fused-ring (bicyclic) bond motifs is 1. The number of carbonyl (C=O) groups excluding carboxylic acids is 2. The zero-order valence-electron chi connectivity index (χ0n) is 26.0. The Morgan fingerprint density at radius 2 is 1.59 bits per heavy atom. The Kier molecular flexibility index (Phi) is 8.36. The van der Waals surface area contributed by atoms with Crippen LogP contribution in [0.1, 0.15) is 70.4 Å². The van der Waals surface area contributed by atoms with E-state index in [2.05, 4.69) is 29.3 Å². The number of hydrogen-bond donors (Lipinski definition) is 1. The fourth-order valence-corrected chi connectivity index (χ4v) is 6.42. The van der Waals surface area contributed by atoms with Crippen LogP contribution in [-0.4, -0.2) is 70.4 Å². The molecule has 0 spiro atoms. The van der Waals surface area contributed by atoms with Crippen molar-refractivity contribution in [1.29, 1.82) is 0 Å². The normalized spacial score (nSPS) is 18.4. The van der Waals surface area contributed by atoms with Crippen LogP contribution in [0.3, 0.4) is 0 Å². The summed E-state index contributed by atoms with van der Waals surface area (Å²) in [6.07, 6.45) is 11.2. The molecule has 44 heavy (non-hydrogen) atoms. The molecule has 1 N–H and O–H groups in total. The van der Waals surface area contributed by atoms with Gasteiger partial charge in [-0.1, -0.05) is 12.1 Å². The van der Waals surface area contributed by atoms with Crippen LogP contribution in [0.15, 0.2) is 71.9 Å². The van der Waals surface area contributed by atoms with E-state index in [1.54, 1.807) is 23.2 Å². The van der Waals surface area contributed by atoms with Gasteiger partial charge in [0.05, 0.1) is 12.1 Å².